The van der Waals surface area contributed by atoms with Gasteiger partial charge in [-0.15, -0.1) is 0 Å². The van der Waals surface area contributed by atoms with E-state index in [1.54, 1.807) is 6.92 Å². The number of aromatic nitrogens is 3. The summed E-state index contributed by atoms with van der Waals surface area (Å²) >= 11 is 0. The van der Waals surface area contributed by atoms with Crippen molar-refractivity contribution < 1.29 is 23.1 Å². The summed E-state index contributed by atoms with van der Waals surface area (Å²) in [6.45, 7) is 1.64. The molecular formula is C25H24F2N4O5. The van der Waals surface area contributed by atoms with Crippen molar-refractivity contribution >= 4 is 11.9 Å². The first-order valence-electron chi connectivity index (χ1n) is 11.5. The molecule has 1 saturated heterocycles. The van der Waals surface area contributed by atoms with Crippen LogP contribution in [0.5, 0.6) is 0 Å². The van der Waals surface area contributed by atoms with Crippen molar-refractivity contribution in [3.05, 3.63) is 92.3 Å². The van der Waals surface area contributed by atoms with Crippen LogP contribution in [0.3, 0.4) is 0 Å². The third-order valence-corrected chi connectivity index (χ3v) is 5.96. The van der Waals surface area contributed by atoms with E-state index in [0.29, 0.717) is 22.1 Å². The maximum Gasteiger partial charge on any atom is 0.352 e. The monoisotopic (exact) mass is 498 g/mol. The highest BCUT2D eigenvalue weighted by Gasteiger charge is 2.32. The van der Waals surface area contributed by atoms with E-state index in [-0.39, 0.29) is 30.9 Å². The van der Waals surface area contributed by atoms with Crippen LogP contribution in [-0.4, -0.2) is 50.8 Å². The zero-order valence-corrected chi connectivity index (χ0v) is 19.5. The Morgan fingerprint density at radius 2 is 1.75 bits per heavy atom. The standard InChI is InChI=1S/C25H24F2N4O5/c1-2-36-24(34)17-9-7-13-29(14-17)22(32)21-23(33)30(15-16-8-3-4-10-18(16)26)25(35)31(28-21)20-12-6-5-11-19(20)27/h3-6,8,10-12,17H,2,7,9,13-15H2,1H3/t17-/m0/s1. The van der Waals surface area contributed by atoms with Crippen molar-refractivity contribution in [3.63, 3.8) is 0 Å². The molecule has 11 heteroatoms. The molecule has 9 nitrogen and oxygen atoms in total. The molecular weight excluding hydrogens is 474 g/mol. The average molecular weight is 498 g/mol. The number of esters is 1. The Kier molecular flexibility index (Phi) is 7.37. The van der Waals surface area contributed by atoms with Gasteiger partial charge in [-0.1, -0.05) is 30.3 Å². The van der Waals surface area contributed by atoms with Crippen molar-refractivity contribution in [2.24, 2.45) is 5.92 Å². The van der Waals surface area contributed by atoms with Crippen LogP contribution in [0.4, 0.5) is 8.78 Å². The summed E-state index contributed by atoms with van der Waals surface area (Å²) in [4.78, 5) is 53.4. The van der Waals surface area contributed by atoms with Gasteiger partial charge in [0.2, 0.25) is 5.69 Å². The summed E-state index contributed by atoms with van der Waals surface area (Å²) in [6, 6.07) is 10.8. The summed E-state index contributed by atoms with van der Waals surface area (Å²) in [7, 11) is 0. The molecule has 0 radical (unpaired) electrons. The highest BCUT2D eigenvalue weighted by molar-refractivity contribution is 5.92. The molecule has 2 heterocycles. The minimum absolute atomic E-state index is 0.00489. The van der Waals surface area contributed by atoms with Gasteiger partial charge in [0.15, 0.2) is 0 Å². The minimum Gasteiger partial charge on any atom is -0.466 e. The number of likely N-dealkylation sites (tertiary alicyclic amines) is 1. The largest absolute Gasteiger partial charge is 0.466 e. The lowest BCUT2D eigenvalue weighted by Gasteiger charge is -2.31. The summed E-state index contributed by atoms with van der Waals surface area (Å²) in [5.41, 5.74) is -2.96. The number of hydrogen-bond donors (Lipinski definition) is 0. The van der Waals surface area contributed by atoms with Gasteiger partial charge in [0, 0.05) is 18.7 Å². The van der Waals surface area contributed by atoms with Crippen molar-refractivity contribution in [3.8, 4) is 5.69 Å². The van der Waals surface area contributed by atoms with E-state index in [1.807, 2.05) is 0 Å². The van der Waals surface area contributed by atoms with E-state index in [1.165, 1.54) is 47.4 Å². The fourth-order valence-electron chi connectivity index (χ4n) is 4.13. The van der Waals surface area contributed by atoms with Crippen molar-refractivity contribution in [2.45, 2.75) is 26.3 Å². The number of hydrogen-bond acceptors (Lipinski definition) is 6. The smallest absolute Gasteiger partial charge is 0.352 e. The number of amides is 1. The highest BCUT2D eigenvalue weighted by Crippen LogP contribution is 2.19. The summed E-state index contributed by atoms with van der Waals surface area (Å²) < 4.78 is 35.3. The molecule has 1 aromatic heterocycles. The van der Waals surface area contributed by atoms with Gasteiger partial charge in [0.1, 0.15) is 17.3 Å². The van der Waals surface area contributed by atoms with Gasteiger partial charge in [-0.3, -0.25) is 19.0 Å². The quantitative estimate of drug-likeness (QED) is 0.483. The number of para-hydroxylation sites is 1. The van der Waals surface area contributed by atoms with Crippen molar-refractivity contribution in [1.29, 1.82) is 0 Å². The SMILES string of the molecule is CCOC(=O)[C@H]1CCCN(C(=O)c2nn(-c3ccccc3F)c(=O)n(Cc3ccccc3F)c2=O)C1. The van der Waals surface area contributed by atoms with E-state index in [2.05, 4.69) is 5.10 Å². The van der Waals surface area contributed by atoms with Gasteiger partial charge in [-0.05, 0) is 38.0 Å². The molecule has 1 aliphatic rings. The lowest BCUT2D eigenvalue weighted by molar-refractivity contribution is -0.149. The first-order chi connectivity index (χ1) is 17.3. The molecule has 0 unspecified atom stereocenters. The molecule has 0 N–H and O–H groups in total. The number of ether oxygens (including phenoxy) is 1. The normalized spacial score (nSPS) is 15.5. The molecule has 1 atom stereocenters. The second kappa shape index (κ2) is 10.6. The van der Waals surface area contributed by atoms with Crippen LogP contribution in [0.15, 0.2) is 58.1 Å². The zero-order valence-electron chi connectivity index (χ0n) is 19.5. The third kappa shape index (κ3) is 4.95. The van der Waals surface area contributed by atoms with Gasteiger partial charge in [-0.2, -0.15) is 9.78 Å². The van der Waals surface area contributed by atoms with Crippen LogP contribution in [0, 0.1) is 17.6 Å². The molecule has 0 bridgehead atoms. The van der Waals surface area contributed by atoms with Gasteiger partial charge >= 0.3 is 11.7 Å². The maximum atomic E-state index is 14.6. The van der Waals surface area contributed by atoms with Crippen LogP contribution >= 0.6 is 0 Å². The van der Waals surface area contributed by atoms with E-state index >= 15 is 0 Å². The molecule has 188 valence electrons. The number of rotatable bonds is 6. The molecule has 4 rings (SSSR count). The van der Waals surface area contributed by atoms with Gasteiger partial charge in [0.05, 0.1) is 19.1 Å². The van der Waals surface area contributed by atoms with Gasteiger partial charge in [0.25, 0.3) is 11.5 Å². The molecule has 0 saturated carbocycles. The van der Waals surface area contributed by atoms with E-state index in [9.17, 15) is 28.0 Å². The molecule has 36 heavy (non-hydrogen) atoms. The van der Waals surface area contributed by atoms with Crippen molar-refractivity contribution in [1.82, 2.24) is 19.2 Å². The Balaban J connectivity index is 1.81. The number of nitrogens with zero attached hydrogens (tertiary/aromatic N) is 4. The lowest BCUT2D eigenvalue weighted by atomic mass is 9.98. The van der Waals surface area contributed by atoms with Crippen molar-refractivity contribution in [2.75, 3.05) is 19.7 Å². The number of benzene rings is 2. The first-order valence-corrected chi connectivity index (χ1v) is 11.5. The Hall–Kier alpha value is -4.15. The van der Waals surface area contributed by atoms with Crippen LogP contribution < -0.4 is 11.2 Å². The topological polar surface area (TPSA) is 104 Å². The molecule has 1 fully saturated rings. The number of halogens is 2. The van der Waals surface area contributed by atoms with Crippen LogP contribution in [0.25, 0.3) is 5.69 Å². The summed E-state index contributed by atoms with van der Waals surface area (Å²) in [6.07, 6.45) is 1.01. The van der Waals surface area contributed by atoms with Crippen LogP contribution in [-0.2, 0) is 16.1 Å². The molecule has 0 aliphatic carbocycles. The summed E-state index contributed by atoms with van der Waals surface area (Å²) in [5, 5.41) is 3.94. The fourth-order valence-corrected chi connectivity index (χ4v) is 4.13. The highest BCUT2D eigenvalue weighted by atomic mass is 19.1. The predicted molar refractivity (Wildman–Crippen MR) is 125 cm³/mol. The molecule has 3 aromatic rings. The maximum absolute atomic E-state index is 14.6. The Labute approximate surface area is 204 Å². The molecule has 2 aromatic carbocycles. The number of carbonyl (C=O) groups is 2. The first kappa shape index (κ1) is 25.0. The second-order valence-corrected chi connectivity index (χ2v) is 8.32. The van der Waals surface area contributed by atoms with Gasteiger partial charge in [-0.25, -0.2) is 13.6 Å². The third-order valence-electron chi connectivity index (χ3n) is 5.96. The minimum atomic E-state index is -1.04. The Bertz CT molecular complexity index is 1420. The Morgan fingerprint density at radius 3 is 2.44 bits per heavy atom. The number of carbonyl (C=O) groups excluding carboxylic acids is 2. The van der Waals surface area contributed by atoms with E-state index in [4.69, 9.17) is 4.74 Å². The number of piperidine rings is 1. The molecule has 0 spiro atoms. The molecule has 1 aliphatic heterocycles. The van der Waals surface area contributed by atoms with Crippen LogP contribution in [0.1, 0.15) is 35.8 Å². The molecule has 1 amide bonds. The van der Waals surface area contributed by atoms with Crippen LogP contribution in [0.2, 0.25) is 0 Å². The van der Waals surface area contributed by atoms with Gasteiger partial charge < -0.3 is 9.64 Å². The zero-order chi connectivity index (χ0) is 25.8. The van der Waals surface area contributed by atoms with E-state index < -0.39 is 52.9 Å². The Morgan fingerprint density at radius 1 is 1.06 bits per heavy atom. The second-order valence-electron chi connectivity index (χ2n) is 8.32. The summed E-state index contributed by atoms with van der Waals surface area (Å²) in [5.74, 6) is -3.29. The lowest BCUT2D eigenvalue weighted by Crippen LogP contribution is -2.49. The predicted octanol–water partition coefficient (Wildman–Crippen LogP) is 2.14. The van der Waals surface area contributed by atoms with E-state index in [0.717, 1.165) is 6.07 Å². The fraction of sp³-hybridized carbons (Fsp3) is 0.320. The average Bonchev–Trinajstić information content (AvgIpc) is 2.88.